The van der Waals surface area contributed by atoms with Gasteiger partial charge in [-0.3, -0.25) is 4.79 Å². The molecule has 1 aliphatic carbocycles. The molecule has 2 rings (SSSR count). The van der Waals surface area contributed by atoms with Crippen LogP contribution in [-0.4, -0.2) is 51.7 Å². The summed E-state index contributed by atoms with van der Waals surface area (Å²) in [5, 5.41) is 2.67. The second-order valence-electron chi connectivity index (χ2n) is 5.15. The van der Waals surface area contributed by atoms with E-state index < -0.39 is 15.9 Å². The first-order valence-corrected chi connectivity index (χ1v) is 8.68. The van der Waals surface area contributed by atoms with Gasteiger partial charge in [0.2, 0.25) is 15.9 Å². The Hall–Kier alpha value is -1.80. The summed E-state index contributed by atoms with van der Waals surface area (Å²) in [6.45, 7) is -0.196. The Labute approximate surface area is 130 Å². The Balaban J connectivity index is 2.08. The number of methoxy groups -OCH3 is 2. The average Bonchev–Trinajstić information content (AvgIpc) is 3.28. The summed E-state index contributed by atoms with van der Waals surface area (Å²) in [6, 6.07) is 4.92. The maximum absolute atomic E-state index is 12.1. The standard InChI is InChI=1S/C14H20N2O5S/c1-20-11-6-7-12(13(8-11)21-2)15-14(17)9-16(10-4-5-10)22(3,18)19/h6-8,10H,4-5,9H2,1-3H3,(H,15,17). The van der Waals surface area contributed by atoms with Gasteiger partial charge in [0.25, 0.3) is 0 Å². The number of carbonyl (C=O) groups excluding carboxylic acids is 1. The van der Waals surface area contributed by atoms with Gasteiger partial charge in [-0.2, -0.15) is 4.31 Å². The van der Waals surface area contributed by atoms with Crippen LogP contribution in [-0.2, 0) is 14.8 Å². The summed E-state index contributed by atoms with van der Waals surface area (Å²) in [6.07, 6.45) is 2.71. The van der Waals surface area contributed by atoms with Crippen molar-refractivity contribution in [3.05, 3.63) is 18.2 Å². The maximum Gasteiger partial charge on any atom is 0.239 e. The normalized spacial score (nSPS) is 14.7. The minimum atomic E-state index is -3.39. The number of hydrogen-bond donors (Lipinski definition) is 1. The molecule has 1 fully saturated rings. The van der Waals surface area contributed by atoms with Crippen molar-refractivity contribution in [1.29, 1.82) is 0 Å². The van der Waals surface area contributed by atoms with Gasteiger partial charge in [-0.15, -0.1) is 0 Å². The second kappa shape index (κ2) is 6.53. The van der Waals surface area contributed by atoms with E-state index in [1.807, 2.05) is 0 Å². The van der Waals surface area contributed by atoms with Crippen molar-refractivity contribution in [3.8, 4) is 11.5 Å². The lowest BCUT2D eigenvalue weighted by Gasteiger charge is -2.19. The molecule has 7 nitrogen and oxygen atoms in total. The molecule has 0 aliphatic heterocycles. The average molecular weight is 328 g/mol. The van der Waals surface area contributed by atoms with E-state index in [4.69, 9.17) is 9.47 Å². The molecule has 0 radical (unpaired) electrons. The van der Waals surface area contributed by atoms with Crippen LogP contribution in [0, 0.1) is 0 Å². The zero-order chi connectivity index (χ0) is 16.3. The highest BCUT2D eigenvalue weighted by molar-refractivity contribution is 7.88. The highest BCUT2D eigenvalue weighted by atomic mass is 32.2. The topological polar surface area (TPSA) is 84.9 Å². The molecule has 0 bridgehead atoms. The summed E-state index contributed by atoms with van der Waals surface area (Å²) in [4.78, 5) is 12.1. The molecule has 122 valence electrons. The molecule has 1 amide bonds. The van der Waals surface area contributed by atoms with Crippen LogP contribution in [0.4, 0.5) is 5.69 Å². The lowest BCUT2D eigenvalue weighted by atomic mass is 10.2. The Morgan fingerprint density at radius 2 is 2.00 bits per heavy atom. The summed E-state index contributed by atoms with van der Waals surface area (Å²) < 4.78 is 34.9. The van der Waals surface area contributed by atoms with Crippen LogP contribution in [0.15, 0.2) is 18.2 Å². The van der Waals surface area contributed by atoms with Crippen molar-refractivity contribution in [3.63, 3.8) is 0 Å². The van der Waals surface area contributed by atoms with Crippen LogP contribution in [0.5, 0.6) is 11.5 Å². The molecule has 1 aromatic rings. The summed E-state index contributed by atoms with van der Waals surface area (Å²) in [7, 11) is -0.376. The lowest BCUT2D eigenvalue weighted by molar-refractivity contribution is -0.116. The minimum Gasteiger partial charge on any atom is -0.497 e. The molecule has 0 unspecified atom stereocenters. The van der Waals surface area contributed by atoms with Gasteiger partial charge < -0.3 is 14.8 Å². The Morgan fingerprint density at radius 1 is 1.32 bits per heavy atom. The van der Waals surface area contributed by atoms with Gasteiger partial charge in [0.1, 0.15) is 11.5 Å². The van der Waals surface area contributed by atoms with Crippen molar-refractivity contribution < 1.29 is 22.7 Å². The van der Waals surface area contributed by atoms with E-state index in [1.54, 1.807) is 18.2 Å². The summed E-state index contributed by atoms with van der Waals surface area (Å²) in [5.74, 6) is 0.649. The van der Waals surface area contributed by atoms with Gasteiger partial charge in [0.05, 0.1) is 32.7 Å². The third-order valence-corrected chi connectivity index (χ3v) is 4.64. The van der Waals surface area contributed by atoms with Crippen molar-refractivity contribution in [1.82, 2.24) is 4.31 Å². The first kappa shape index (κ1) is 16.6. The largest absolute Gasteiger partial charge is 0.497 e. The van der Waals surface area contributed by atoms with Gasteiger partial charge in [-0.1, -0.05) is 0 Å². The first-order valence-electron chi connectivity index (χ1n) is 6.84. The Kier molecular flexibility index (Phi) is 4.92. The fraction of sp³-hybridized carbons (Fsp3) is 0.500. The van der Waals surface area contributed by atoms with Crippen LogP contribution in [0.3, 0.4) is 0 Å². The first-order chi connectivity index (χ1) is 10.3. The van der Waals surface area contributed by atoms with Crippen LogP contribution in [0.1, 0.15) is 12.8 Å². The second-order valence-corrected chi connectivity index (χ2v) is 7.09. The van der Waals surface area contributed by atoms with Gasteiger partial charge in [0.15, 0.2) is 0 Å². The molecule has 1 aromatic carbocycles. The van der Waals surface area contributed by atoms with E-state index in [0.29, 0.717) is 17.2 Å². The SMILES string of the molecule is COc1ccc(NC(=O)CN(C2CC2)S(C)(=O)=O)c(OC)c1. The van der Waals surface area contributed by atoms with E-state index in [9.17, 15) is 13.2 Å². The molecule has 1 aliphatic rings. The number of hydrogen-bond acceptors (Lipinski definition) is 5. The van der Waals surface area contributed by atoms with E-state index in [-0.39, 0.29) is 12.6 Å². The van der Waals surface area contributed by atoms with E-state index in [2.05, 4.69) is 5.32 Å². The molecule has 0 aromatic heterocycles. The molecule has 22 heavy (non-hydrogen) atoms. The van der Waals surface area contributed by atoms with E-state index in [0.717, 1.165) is 19.1 Å². The van der Waals surface area contributed by atoms with E-state index >= 15 is 0 Å². The molecule has 0 spiro atoms. The quantitative estimate of drug-likeness (QED) is 0.809. The molecule has 1 saturated carbocycles. The zero-order valence-electron chi connectivity index (χ0n) is 12.8. The summed E-state index contributed by atoms with van der Waals surface area (Å²) >= 11 is 0. The number of nitrogens with zero attached hydrogens (tertiary/aromatic N) is 1. The third-order valence-electron chi connectivity index (χ3n) is 3.36. The van der Waals surface area contributed by atoms with Crippen LogP contribution < -0.4 is 14.8 Å². The zero-order valence-corrected chi connectivity index (χ0v) is 13.6. The van der Waals surface area contributed by atoms with Gasteiger partial charge in [0, 0.05) is 12.1 Å². The number of nitrogens with one attached hydrogen (secondary N) is 1. The molecule has 0 atom stereocenters. The van der Waals surface area contributed by atoms with Gasteiger partial charge in [-0.05, 0) is 25.0 Å². The van der Waals surface area contributed by atoms with Crippen LogP contribution in [0.2, 0.25) is 0 Å². The van der Waals surface area contributed by atoms with Gasteiger partial charge >= 0.3 is 0 Å². The number of carbonyl (C=O) groups is 1. The van der Waals surface area contributed by atoms with Crippen molar-refractivity contribution in [2.45, 2.75) is 18.9 Å². The number of sulfonamides is 1. The Morgan fingerprint density at radius 3 is 2.50 bits per heavy atom. The molecule has 0 heterocycles. The van der Waals surface area contributed by atoms with Crippen LogP contribution in [0.25, 0.3) is 0 Å². The number of amides is 1. The fourth-order valence-corrected chi connectivity index (χ4v) is 3.22. The molecule has 1 N–H and O–H groups in total. The monoisotopic (exact) mass is 328 g/mol. The predicted octanol–water partition coefficient (Wildman–Crippen LogP) is 1.07. The number of benzene rings is 1. The number of ether oxygens (including phenoxy) is 2. The van der Waals surface area contributed by atoms with Crippen molar-refractivity contribution in [2.75, 3.05) is 32.3 Å². The predicted molar refractivity (Wildman–Crippen MR) is 82.7 cm³/mol. The lowest BCUT2D eigenvalue weighted by Crippen LogP contribution is -2.38. The van der Waals surface area contributed by atoms with Gasteiger partial charge in [-0.25, -0.2) is 8.42 Å². The fourth-order valence-electron chi connectivity index (χ4n) is 2.11. The Bertz CT molecular complexity index is 655. The molecule has 0 saturated heterocycles. The minimum absolute atomic E-state index is 0.0569. The van der Waals surface area contributed by atoms with Crippen molar-refractivity contribution in [2.24, 2.45) is 0 Å². The van der Waals surface area contributed by atoms with E-state index in [1.165, 1.54) is 18.5 Å². The molecular formula is C14H20N2O5S. The smallest absolute Gasteiger partial charge is 0.239 e. The molecule has 8 heteroatoms. The maximum atomic E-state index is 12.1. The van der Waals surface area contributed by atoms with Crippen LogP contribution >= 0.6 is 0 Å². The molecular weight excluding hydrogens is 308 g/mol. The highest BCUT2D eigenvalue weighted by Crippen LogP contribution is 2.30. The summed E-state index contributed by atoms with van der Waals surface area (Å²) in [5.41, 5.74) is 0.470. The van der Waals surface area contributed by atoms with Crippen molar-refractivity contribution >= 4 is 21.6 Å². The number of anilines is 1. The third kappa shape index (κ3) is 4.11. The highest BCUT2D eigenvalue weighted by Gasteiger charge is 2.36. The number of rotatable bonds is 7.